The summed E-state index contributed by atoms with van der Waals surface area (Å²) in [6.07, 6.45) is 10.2. The minimum Gasteiger partial charge on any atom is -0.508 e. The molecule has 4 aliphatic heterocycles. The van der Waals surface area contributed by atoms with Crippen LogP contribution in [-0.2, 0) is 0 Å². The number of pyridine rings is 1. The zero-order valence-electron chi connectivity index (χ0n) is 24.7. The number of nitrogens with one attached hydrogen (secondary N) is 1. The number of phenolic OH excluding ortho intramolecular Hbond substituents is 1. The first-order valence-electron chi connectivity index (χ1n) is 15.5. The lowest BCUT2D eigenvalue weighted by Gasteiger charge is -2.41. The second kappa shape index (κ2) is 10.6. The number of phenols is 1. The number of halogens is 3. The molecule has 0 amide bonds. The molecule has 13 heteroatoms. The van der Waals surface area contributed by atoms with Crippen LogP contribution in [-0.4, -0.2) is 84.9 Å². The summed E-state index contributed by atoms with van der Waals surface area (Å²) >= 11 is 6.83. The molecule has 2 unspecified atom stereocenters. The second-order valence-electron chi connectivity index (χ2n) is 12.8. The predicted octanol–water partition coefficient (Wildman–Crippen LogP) is 4.05. The molecular formula is C33H31ClF2N6O4. The van der Waals surface area contributed by atoms with E-state index in [9.17, 15) is 19.7 Å². The molecule has 2 aromatic heterocycles. The van der Waals surface area contributed by atoms with E-state index in [0.717, 1.165) is 25.7 Å². The summed E-state index contributed by atoms with van der Waals surface area (Å²) in [7, 11) is 0. The first-order valence-corrected chi connectivity index (χ1v) is 15.8. The fraction of sp³-hybridized carbons (Fsp3) is 0.424. The van der Waals surface area contributed by atoms with Gasteiger partial charge >= 0.3 is 12.0 Å². The molecular weight excluding hydrogens is 618 g/mol. The Labute approximate surface area is 268 Å². The molecule has 4 saturated heterocycles. The van der Waals surface area contributed by atoms with E-state index in [1.54, 1.807) is 0 Å². The van der Waals surface area contributed by atoms with E-state index in [4.69, 9.17) is 22.8 Å². The topological polar surface area (TPSA) is 127 Å². The number of hydrogen-bond acceptors (Lipinski definition) is 10. The molecule has 0 radical (unpaired) electrons. The van der Waals surface area contributed by atoms with Gasteiger partial charge in [-0.3, -0.25) is 4.90 Å². The van der Waals surface area contributed by atoms with Crippen LogP contribution in [0.1, 0.15) is 44.1 Å². The minimum atomic E-state index is -2.66. The Morgan fingerprint density at radius 1 is 1.04 bits per heavy atom. The molecule has 4 fully saturated rings. The van der Waals surface area contributed by atoms with Gasteiger partial charge in [-0.05, 0) is 75.2 Å². The number of fused-ring (bicyclic) bond motifs is 5. The molecule has 4 aliphatic rings. The Bertz CT molecular complexity index is 1950. The van der Waals surface area contributed by atoms with Crippen LogP contribution in [0.15, 0.2) is 24.3 Å². The lowest BCUT2D eigenvalue weighted by molar-refractivity contribution is -0.349. The summed E-state index contributed by atoms with van der Waals surface area (Å²) in [6.45, 7) is 2.50. The molecule has 8 rings (SSSR count). The Hall–Kier alpha value is -3.86. The van der Waals surface area contributed by atoms with Crippen molar-refractivity contribution in [3.8, 4) is 35.4 Å². The number of anilines is 1. The van der Waals surface area contributed by atoms with E-state index < -0.39 is 29.2 Å². The lowest BCUT2D eigenvalue weighted by Crippen LogP contribution is -2.62. The van der Waals surface area contributed by atoms with E-state index in [0.29, 0.717) is 44.4 Å². The number of nitrogens with zero attached hydrogens (tertiary/aromatic N) is 5. The highest BCUT2D eigenvalue weighted by Crippen LogP contribution is 2.47. The standard InChI is InChI=1S/C33H31ClF2N6O4/c1-2-21-23(35)8-5-17-13-20(43)14-22(24(17)21)27-26(36)28-25(29(34)38-27)30(41-15-18-6-7-19(16-41)37-18)40-31(39-28)46-33(44,45)32-9-3-11-42(32)12-4-10-32/h1,5,8,13-14,18-19,37,43-45H,3-4,6-7,9-12,15-16H2. The van der Waals surface area contributed by atoms with E-state index in [2.05, 4.69) is 26.2 Å². The van der Waals surface area contributed by atoms with Crippen molar-refractivity contribution in [1.29, 1.82) is 0 Å². The van der Waals surface area contributed by atoms with Crippen molar-refractivity contribution in [3.63, 3.8) is 0 Å². The van der Waals surface area contributed by atoms with Gasteiger partial charge in [0.25, 0.3) is 0 Å². The Balaban J connectivity index is 1.34. The van der Waals surface area contributed by atoms with Crippen molar-refractivity contribution in [2.75, 3.05) is 31.1 Å². The van der Waals surface area contributed by atoms with Crippen molar-refractivity contribution in [3.05, 3.63) is 46.6 Å². The highest BCUT2D eigenvalue weighted by Gasteiger charge is 2.60. The molecule has 4 aromatic rings. The van der Waals surface area contributed by atoms with Crippen LogP contribution < -0.4 is 15.0 Å². The van der Waals surface area contributed by atoms with Gasteiger partial charge < -0.3 is 30.3 Å². The molecule has 46 heavy (non-hydrogen) atoms. The molecule has 10 nitrogen and oxygen atoms in total. The Morgan fingerprint density at radius 3 is 2.46 bits per heavy atom. The average Bonchev–Trinajstić information content (AvgIpc) is 3.73. The van der Waals surface area contributed by atoms with Gasteiger partial charge in [-0.1, -0.05) is 23.6 Å². The van der Waals surface area contributed by atoms with Gasteiger partial charge in [-0.15, -0.1) is 6.42 Å². The lowest BCUT2D eigenvalue weighted by atomic mass is 9.91. The number of ether oxygens (including phenoxy) is 1. The minimum absolute atomic E-state index is 0.0108. The van der Waals surface area contributed by atoms with Crippen LogP contribution in [0.5, 0.6) is 11.8 Å². The Kier molecular flexibility index (Phi) is 6.80. The molecule has 6 heterocycles. The summed E-state index contributed by atoms with van der Waals surface area (Å²) in [6, 6.07) is 5.16. The summed E-state index contributed by atoms with van der Waals surface area (Å²) < 4.78 is 37.6. The van der Waals surface area contributed by atoms with Crippen molar-refractivity contribution in [2.45, 2.75) is 62.1 Å². The van der Waals surface area contributed by atoms with E-state index in [1.807, 2.05) is 9.80 Å². The molecule has 0 spiro atoms. The first kappa shape index (κ1) is 29.5. The molecule has 0 aliphatic carbocycles. The fourth-order valence-corrected chi connectivity index (χ4v) is 8.39. The van der Waals surface area contributed by atoms with Gasteiger partial charge in [0.15, 0.2) is 5.82 Å². The van der Waals surface area contributed by atoms with Crippen LogP contribution in [0.2, 0.25) is 5.15 Å². The van der Waals surface area contributed by atoms with Crippen LogP contribution in [0.3, 0.4) is 0 Å². The predicted molar refractivity (Wildman–Crippen MR) is 168 cm³/mol. The number of aromatic nitrogens is 3. The van der Waals surface area contributed by atoms with Crippen LogP contribution in [0, 0.1) is 24.0 Å². The maximum atomic E-state index is 16.9. The largest absolute Gasteiger partial charge is 0.508 e. The van der Waals surface area contributed by atoms with Crippen molar-refractivity contribution in [2.24, 2.45) is 0 Å². The molecule has 2 aromatic carbocycles. The van der Waals surface area contributed by atoms with Crippen LogP contribution in [0.25, 0.3) is 32.9 Å². The van der Waals surface area contributed by atoms with Crippen molar-refractivity contribution >= 4 is 39.1 Å². The van der Waals surface area contributed by atoms with Gasteiger partial charge in [0.1, 0.15) is 39.3 Å². The fourth-order valence-electron chi connectivity index (χ4n) is 8.13. The number of benzene rings is 2. The number of piperazine rings is 1. The molecule has 2 atom stereocenters. The van der Waals surface area contributed by atoms with E-state index >= 15 is 4.39 Å². The highest BCUT2D eigenvalue weighted by atomic mass is 35.5. The number of aliphatic hydroxyl groups is 2. The Morgan fingerprint density at radius 2 is 1.76 bits per heavy atom. The summed E-state index contributed by atoms with van der Waals surface area (Å²) in [5.41, 5.74) is -1.77. The monoisotopic (exact) mass is 648 g/mol. The van der Waals surface area contributed by atoms with E-state index in [-0.39, 0.29) is 61.9 Å². The molecule has 4 N–H and O–H groups in total. The molecule has 2 bridgehead atoms. The van der Waals surface area contributed by atoms with Gasteiger partial charge in [-0.25, -0.2) is 13.8 Å². The van der Waals surface area contributed by atoms with E-state index in [1.165, 1.54) is 24.3 Å². The van der Waals surface area contributed by atoms with Gasteiger partial charge in [0, 0.05) is 36.1 Å². The number of aromatic hydroxyl groups is 1. The van der Waals surface area contributed by atoms with Gasteiger partial charge in [-0.2, -0.15) is 9.97 Å². The quantitative estimate of drug-likeness (QED) is 0.143. The van der Waals surface area contributed by atoms with Crippen molar-refractivity contribution < 1.29 is 28.8 Å². The number of terminal acetylenes is 1. The SMILES string of the molecule is C#Cc1c(F)ccc2cc(O)cc(-c3nc(Cl)c4c(N5CC6CCC(C5)N6)nc(OC(O)(O)C56CCCN5CCC6)nc4c3F)c12. The zero-order chi connectivity index (χ0) is 32.0. The third-order valence-corrected chi connectivity index (χ3v) is 10.4. The van der Waals surface area contributed by atoms with Crippen LogP contribution in [0.4, 0.5) is 14.6 Å². The normalized spacial score (nSPS) is 22.5. The third-order valence-electron chi connectivity index (χ3n) is 10.2. The number of hydrogen-bond donors (Lipinski definition) is 4. The first-order chi connectivity index (χ1) is 22.1. The summed E-state index contributed by atoms with van der Waals surface area (Å²) in [4.78, 5) is 17.4. The highest BCUT2D eigenvalue weighted by molar-refractivity contribution is 6.35. The van der Waals surface area contributed by atoms with Gasteiger partial charge in [0.05, 0.1) is 10.9 Å². The maximum Gasteiger partial charge on any atom is 0.343 e. The van der Waals surface area contributed by atoms with Crippen molar-refractivity contribution in [1.82, 2.24) is 25.2 Å². The average molecular weight is 649 g/mol. The molecule has 238 valence electrons. The molecule has 0 saturated carbocycles. The van der Waals surface area contributed by atoms with Gasteiger partial charge in [0.2, 0.25) is 0 Å². The summed E-state index contributed by atoms with van der Waals surface area (Å²) in [5.74, 6) is -1.95. The maximum absolute atomic E-state index is 16.9. The zero-order valence-corrected chi connectivity index (χ0v) is 25.5. The van der Waals surface area contributed by atoms with Crippen LogP contribution >= 0.6 is 11.6 Å². The number of rotatable bonds is 5. The summed E-state index contributed by atoms with van der Waals surface area (Å²) in [5, 5.41) is 37.5. The second-order valence-corrected chi connectivity index (χ2v) is 13.1. The smallest absolute Gasteiger partial charge is 0.343 e. The third kappa shape index (κ3) is 4.41.